The minimum Gasteiger partial charge on any atom is -0.298 e. The minimum absolute atomic E-state index is 0.328. The van der Waals surface area contributed by atoms with Crippen LogP contribution in [0.3, 0.4) is 0 Å². The Hall–Kier alpha value is -1.51. The van der Waals surface area contributed by atoms with E-state index in [2.05, 4.69) is 5.18 Å². The van der Waals surface area contributed by atoms with Crippen molar-refractivity contribution in [1.82, 2.24) is 0 Å². The Morgan fingerprint density at radius 1 is 1.45 bits per heavy atom. The summed E-state index contributed by atoms with van der Waals surface area (Å²) >= 11 is 0. The lowest BCUT2D eigenvalue weighted by Gasteiger charge is -1.97. The van der Waals surface area contributed by atoms with Crippen molar-refractivity contribution in [3.8, 4) is 0 Å². The van der Waals surface area contributed by atoms with E-state index in [4.69, 9.17) is 0 Å². The second-order valence-corrected chi connectivity index (χ2v) is 2.20. The molecule has 0 atom stereocenters. The first-order valence-corrected chi connectivity index (χ1v) is 3.17. The Labute approximate surface area is 64.0 Å². The number of rotatable bonds is 2. The van der Waals surface area contributed by atoms with E-state index >= 15 is 0 Å². The van der Waals surface area contributed by atoms with E-state index in [0.29, 0.717) is 23.1 Å². The molecule has 0 saturated heterocycles. The van der Waals surface area contributed by atoms with Gasteiger partial charge >= 0.3 is 0 Å². The van der Waals surface area contributed by atoms with Crippen molar-refractivity contribution in [2.75, 3.05) is 0 Å². The van der Waals surface area contributed by atoms with Gasteiger partial charge in [-0.05, 0) is 23.7 Å². The molecule has 0 N–H and O–H groups in total. The predicted molar refractivity (Wildman–Crippen MR) is 42.0 cm³/mol. The Bertz CT molecular complexity index is 268. The third kappa shape index (κ3) is 1.32. The van der Waals surface area contributed by atoms with Gasteiger partial charge in [0.15, 0.2) is 0 Å². The van der Waals surface area contributed by atoms with Crippen molar-refractivity contribution >= 4 is 12.0 Å². The molecule has 0 aliphatic rings. The molecule has 0 amide bonds. The van der Waals surface area contributed by atoms with Gasteiger partial charge in [0.05, 0.1) is 0 Å². The third-order valence-electron chi connectivity index (χ3n) is 1.57. The number of benzene rings is 1. The summed E-state index contributed by atoms with van der Waals surface area (Å²) < 4.78 is 0. The van der Waals surface area contributed by atoms with Crippen molar-refractivity contribution in [2.24, 2.45) is 5.18 Å². The largest absolute Gasteiger partial charge is 0.298 e. The van der Waals surface area contributed by atoms with E-state index in [9.17, 15) is 9.70 Å². The van der Waals surface area contributed by atoms with Gasteiger partial charge in [-0.1, -0.05) is 12.1 Å². The van der Waals surface area contributed by atoms with Gasteiger partial charge < -0.3 is 0 Å². The Balaban J connectivity index is 3.30. The fourth-order valence-electron chi connectivity index (χ4n) is 0.867. The van der Waals surface area contributed by atoms with Crippen LogP contribution in [0.15, 0.2) is 23.4 Å². The number of carbonyl (C=O) groups excluding carboxylic acids is 1. The smallest absolute Gasteiger partial charge is 0.150 e. The molecule has 0 radical (unpaired) electrons. The highest BCUT2D eigenvalue weighted by Crippen LogP contribution is 2.19. The molecule has 0 spiro atoms. The quantitative estimate of drug-likeness (QED) is 0.478. The standard InChI is InChI=1S/C8H7NO2/c1-6-7(5-10)3-2-4-8(6)9-11/h2-5H,1H3. The summed E-state index contributed by atoms with van der Waals surface area (Å²) in [5.41, 5.74) is 1.48. The Kier molecular flexibility index (Phi) is 2.11. The number of hydrogen-bond acceptors (Lipinski definition) is 3. The Morgan fingerprint density at radius 2 is 2.18 bits per heavy atom. The van der Waals surface area contributed by atoms with E-state index in [-0.39, 0.29) is 0 Å². The molecule has 0 aliphatic heterocycles. The van der Waals surface area contributed by atoms with Crippen LogP contribution in [0.25, 0.3) is 0 Å². The van der Waals surface area contributed by atoms with Crippen LogP contribution >= 0.6 is 0 Å². The van der Waals surface area contributed by atoms with Crippen LogP contribution in [0.5, 0.6) is 0 Å². The summed E-state index contributed by atoms with van der Waals surface area (Å²) in [6.07, 6.45) is 0.712. The average molecular weight is 149 g/mol. The average Bonchev–Trinajstić information content (AvgIpc) is 2.05. The maximum absolute atomic E-state index is 10.4. The van der Waals surface area contributed by atoms with Gasteiger partial charge in [-0.2, -0.15) is 0 Å². The molecule has 0 unspecified atom stereocenters. The number of nitrogens with zero attached hydrogens (tertiary/aromatic N) is 1. The molecule has 1 aromatic carbocycles. The highest BCUT2D eigenvalue weighted by molar-refractivity contribution is 5.79. The van der Waals surface area contributed by atoms with Gasteiger partial charge in [-0.25, -0.2) is 0 Å². The van der Waals surface area contributed by atoms with Gasteiger partial charge in [0.25, 0.3) is 0 Å². The van der Waals surface area contributed by atoms with Gasteiger partial charge in [-0.15, -0.1) is 4.91 Å². The molecular weight excluding hydrogens is 142 g/mol. The predicted octanol–water partition coefficient (Wildman–Crippen LogP) is 2.21. The van der Waals surface area contributed by atoms with Gasteiger partial charge in [0, 0.05) is 5.56 Å². The van der Waals surface area contributed by atoms with Crippen molar-refractivity contribution in [1.29, 1.82) is 0 Å². The summed E-state index contributed by atoms with van der Waals surface area (Å²) in [6, 6.07) is 4.86. The summed E-state index contributed by atoms with van der Waals surface area (Å²) in [5.74, 6) is 0. The fraction of sp³-hybridized carbons (Fsp3) is 0.125. The lowest BCUT2D eigenvalue weighted by Crippen LogP contribution is -1.84. The van der Waals surface area contributed by atoms with Crippen LogP contribution in [0, 0.1) is 11.8 Å². The maximum Gasteiger partial charge on any atom is 0.150 e. The van der Waals surface area contributed by atoms with E-state index in [0.717, 1.165) is 0 Å². The van der Waals surface area contributed by atoms with E-state index in [1.54, 1.807) is 25.1 Å². The maximum atomic E-state index is 10.4. The van der Waals surface area contributed by atoms with Gasteiger partial charge in [-0.3, -0.25) is 4.79 Å². The fourth-order valence-corrected chi connectivity index (χ4v) is 0.867. The Morgan fingerprint density at radius 3 is 2.73 bits per heavy atom. The zero-order valence-corrected chi connectivity index (χ0v) is 6.07. The first-order valence-electron chi connectivity index (χ1n) is 3.17. The SMILES string of the molecule is Cc1c(C=O)cccc1N=O. The molecule has 11 heavy (non-hydrogen) atoms. The van der Waals surface area contributed by atoms with Crippen molar-refractivity contribution in [3.05, 3.63) is 34.2 Å². The summed E-state index contributed by atoms with van der Waals surface area (Å²) in [6.45, 7) is 1.69. The molecule has 3 heteroatoms. The van der Waals surface area contributed by atoms with Crippen LogP contribution in [-0.2, 0) is 0 Å². The molecule has 0 bridgehead atoms. The highest BCUT2D eigenvalue weighted by atomic mass is 16.3. The van der Waals surface area contributed by atoms with Crippen molar-refractivity contribution < 1.29 is 4.79 Å². The molecule has 1 aromatic rings. The third-order valence-corrected chi connectivity index (χ3v) is 1.57. The molecule has 0 heterocycles. The molecule has 0 aliphatic carbocycles. The summed E-state index contributed by atoms with van der Waals surface area (Å²) in [5, 5.41) is 2.77. The van der Waals surface area contributed by atoms with Crippen LogP contribution in [0.4, 0.5) is 5.69 Å². The first-order chi connectivity index (χ1) is 5.29. The van der Waals surface area contributed by atoms with Crippen molar-refractivity contribution in [3.63, 3.8) is 0 Å². The van der Waals surface area contributed by atoms with Crippen molar-refractivity contribution in [2.45, 2.75) is 6.92 Å². The minimum atomic E-state index is 0.328. The molecule has 0 aromatic heterocycles. The number of aldehydes is 1. The molecule has 3 nitrogen and oxygen atoms in total. The van der Waals surface area contributed by atoms with E-state index in [1.807, 2.05) is 0 Å². The van der Waals surface area contributed by atoms with Gasteiger partial charge in [0.1, 0.15) is 12.0 Å². The van der Waals surface area contributed by atoms with E-state index < -0.39 is 0 Å². The van der Waals surface area contributed by atoms with E-state index in [1.165, 1.54) is 0 Å². The second kappa shape index (κ2) is 3.05. The number of nitroso groups, excluding NO2 is 1. The molecule has 56 valence electrons. The topological polar surface area (TPSA) is 46.5 Å². The highest BCUT2D eigenvalue weighted by Gasteiger charge is 2.01. The summed E-state index contributed by atoms with van der Waals surface area (Å²) in [4.78, 5) is 20.5. The number of carbonyl (C=O) groups is 1. The second-order valence-electron chi connectivity index (χ2n) is 2.20. The molecular formula is C8H7NO2. The zero-order chi connectivity index (χ0) is 8.27. The first kappa shape index (κ1) is 7.60. The van der Waals surface area contributed by atoms with Crippen LogP contribution < -0.4 is 0 Å². The van der Waals surface area contributed by atoms with Crippen LogP contribution in [0.1, 0.15) is 15.9 Å². The molecule has 1 rings (SSSR count). The summed E-state index contributed by atoms with van der Waals surface area (Å²) in [7, 11) is 0. The van der Waals surface area contributed by atoms with Gasteiger partial charge in [0.2, 0.25) is 0 Å². The lowest BCUT2D eigenvalue weighted by molar-refractivity contribution is 0.112. The lowest BCUT2D eigenvalue weighted by atomic mass is 10.1. The zero-order valence-electron chi connectivity index (χ0n) is 6.07. The van der Waals surface area contributed by atoms with Crippen LogP contribution in [-0.4, -0.2) is 6.29 Å². The normalized spacial score (nSPS) is 9.18. The van der Waals surface area contributed by atoms with Crippen LogP contribution in [0.2, 0.25) is 0 Å². The monoisotopic (exact) mass is 149 g/mol. The molecule has 0 saturated carbocycles. The molecule has 0 fully saturated rings. The number of hydrogen-bond donors (Lipinski definition) is 0.